The van der Waals surface area contributed by atoms with Crippen molar-refractivity contribution in [3.63, 3.8) is 0 Å². The number of nitrogens with one attached hydrogen (secondary N) is 2. The second-order valence-corrected chi connectivity index (χ2v) is 4.79. The summed E-state index contributed by atoms with van der Waals surface area (Å²) in [5, 5.41) is 6.00. The van der Waals surface area contributed by atoms with Gasteiger partial charge < -0.3 is 15.4 Å². The number of hydrogen-bond donors (Lipinski definition) is 2. The van der Waals surface area contributed by atoms with Crippen LogP contribution in [0.15, 0.2) is 12.1 Å². The zero-order valence-electron chi connectivity index (χ0n) is 12.8. The summed E-state index contributed by atoms with van der Waals surface area (Å²) >= 11 is 0. The van der Waals surface area contributed by atoms with Gasteiger partial charge in [0, 0.05) is 24.3 Å². The number of carbonyl (C=O) groups excluding carboxylic acids is 1. The van der Waals surface area contributed by atoms with Crippen LogP contribution in [0.5, 0.6) is 0 Å². The molecule has 1 aromatic heterocycles. The van der Waals surface area contributed by atoms with Gasteiger partial charge in [0.15, 0.2) is 0 Å². The van der Waals surface area contributed by atoms with E-state index >= 15 is 0 Å². The molecule has 5 heteroatoms. The van der Waals surface area contributed by atoms with Crippen LogP contribution in [0.25, 0.3) is 0 Å². The van der Waals surface area contributed by atoms with E-state index in [9.17, 15) is 4.79 Å². The lowest BCUT2D eigenvalue weighted by atomic mass is 10.2. The largest absolute Gasteiger partial charge is 0.377 e. The summed E-state index contributed by atoms with van der Waals surface area (Å²) in [7, 11) is 0. The average Bonchev–Trinajstić information content (AvgIpc) is 2.43. The molecule has 0 bridgehead atoms. The van der Waals surface area contributed by atoms with E-state index in [2.05, 4.69) is 15.6 Å². The molecule has 0 spiro atoms. The van der Waals surface area contributed by atoms with Gasteiger partial charge in [0.2, 0.25) is 0 Å². The zero-order chi connectivity index (χ0) is 15.0. The van der Waals surface area contributed by atoms with Crippen molar-refractivity contribution < 1.29 is 9.53 Å². The Labute approximate surface area is 121 Å². The number of aromatic nitrogens is 1. The van der Waals surface area contributed by atoms with Crippen molar-refractivity contribution in [1.82, 2.24) is 10.3 Å². The third-order valence-electron chi connectivity index (χ3n) is 2.70. The van der Waals surface area contributed by atoms with Crippen molar-refractivity contribution in [1.29, 1.82) is 0 Å². The maximum Gasteiger partial charge on any atom is 0.251 e. The number of hydrogen-bond acceptors (Lipinski definition) is 4. The van der Waals surface area contributed by atoms with E-state index in [0.717, 1.165) is 24.5 Å². The molecule has 112 valence electrons. The minimum atomic E-state index is -0.0893. The van der Waals surface area contributed by atoms with Crippen LogP contribution in [-0.4, -0.2) is 36.7 Å². The normalized spacial score (nSPS) is 10.7. The Morgan fingerprint density at radius 1 is 1.35 bits per heavy atom. The predicted molar refractivity (Wildman–Crippen MR) is 81.2 cm³/mol. The molecule has 0 saturated heterocycles. The van der Waals surface area contributed by atoms with Crippen LogP contribution in [0, 0.1) is 0 Å². The van der Waals surface area contributed by atoms with Crippen LogP contribution in [0.2, 0.25) is 0 Å². The maximum atomic E-state index is 12.1. The molecule has 5 nitrogen and oxygen atoms in total. The van der Waals surface area contributed by atoms with Crippen LogP contribution in [0.3, 0.4) is 0 Å². The SMILES string of the molecule is CCNc1cc(C(=O)NCCOC(C)C)cc(CC)n1. The summed E-state index contributed by atoms with van der Waals surface area (Å²) in [6.45, 7) is 9.79. The Bertz CT molecular complexity index is 433. The van der Waals surface area contributed by atoms with Gasteiger partial charge in [0.05, 0.1) is 12.7 Å². The lowest BCUT2D eigenvalue weighted by molar-refractivity contribution is 0.0746. The Morgan fingerprint density at radius 3 is 2.70 bits per heavy atom. The first-order chi connectivity index (χ1) is 9.56. The molecular formula is C15H25N3O2. The topological polar surface area (TPSA) is 63.2 Å². The molecule has 0 radical (unpaired) electrons. The molecule has 1 rings (SSSR count). The van der Waals surface area contributed by atoms with Gasteiger partial charge in [-0.15, -0.1) is 0 Å². The fraction of sp³-hybridized carbons (Fsp3) is 0.600. The van der Waals surface area contributed by atoms with Crippen LogP contribution < -0.4 is 10.6 Å². The molecule has 0 aromatic carbocycles. The number of carbonyl (C=O) groups is 1. The number of amides is 1. The highest BCUT2D eigenvalue weighted by Gasteiger charge is 2.09. The van der Waals surface area contributed by atoms with E-state index in [0.29, 0.717) is 18.7 Å². The van der Waals surface area contributed by atoms with Gasteiger partial charge in [-0.25, -0.2) is 4.98 Å². The van der Waals surface area contributed by atoms with E-state index in [1.807, 2.05) is 33.8 Å². The van der Waals surface area contributed by atoms with Gasteiger partial charge in [0.25, 0.3) is 5.91 Å². The Hall–Kier alpha value is -1.62. The number of anilines is 1. The van der Waals surface area contributed by atoms with Crippen molar-refractivity contribution in [2.24, 2.45) is 0 Å². The molecule has 2 N–H and O–H groups in total. The summed E-state index contributed by atoms with van der Waals surface area (Å²) in [4.78, 5) is 16.5. The first kappa shape index (κ1) is 16.4. The van der Waals surface area contributed by atoms with Gasteiger partial charge in [0.1, 0.15) is 5.82 Å². The van der Waals surface area contributed by atoms with Gasteiger partial charge in [-0.2, -0.15) is 0 Å². The smallest absolute Gasteiger partial charge is 0.251 e. The van der Waals surface area contributed by atoms with E-state index in [1.54, 1.807) is 6.07 Å². The summed E-state index contributed by atoms with van der Waals surface area (Å²) in [5.41, 5.74) is 1.55. The summed E-state index contributed by atoms with van der Waals surface area (Å²) in [6.07, 6.45) is 0.982. The van der Waals surface area contributed by atoms with Crippen LogP contribution in [0.4, 0.5) is 5.82 Å². The van der Waals surface area contributed by atoms with E-state index in [-0.39, 0.29) is 12.0 Å². The Kier molecular flexibility index (Phi) is 7.01. The van der Waals surface area contributed by atoms with E-state index < -0.39 is 0 Å². The average molecular weight is 279 g/mol. The molecule has 0 unspecified atom stereocenters. The highest BCUT2D eigenvalue weighted by Crippen LogP contribution is 2.11. The van der Waals surface area contributed by atoms with Crippen molar-refractivity contribution in [3.05, 3.63) is 23.4 Å². The fourth-order valence-corrected chi connectivity index (χ4v) is 1.73. The number of pyridine rings is 1. The Morgan fingerprint density at radius 2 is 2.10 bits per heavy atom. The Balaban J connectivity index is 2.64. The predicted octanol–water partition coefficient (Wildman–Crippen LogP) is 2.23. The fourth-order valence-electron chi connectivity index (χ4n) is 1.73. The second-order valence-electron chi connectivity index (χ2n) is 4.79. The molecule has 1 aromatic rings. The van der Waals surface area contributed by atoms with E-state index in [1.165, 1.54) is 0 Å². The lowest BCUT2D eigenvalue weighted by Gasteiger charge is -2.11. The highest BCUT2D eigenvalue weighted by molar-refractivity contribution is 5.95. The van der Waals surface area contributed by atoms with Crippen molar-refractivity contribution in [3.8, 4) is 0 Å². The quantitative estimate of drug-likeness (QED) is 0.716. The van der Waals surface area contributed by atoms with Gasteiger partial charge in [-0.05, 0) is 39.3 Å². The van der Waals surface area contributed by atoms with Crippen molar-refractivity contribution in [2.75, 3.05) is 25.0 Å². The molecule has 0 saturated carbocycles. The molecule has 1 heterocycles. The number of aryl methyl sites for hydroxylation is 1. The van der Waals surface area contributed by atoms with Crippen LogP contribution in [-0.2, 0) is 11.2 Å². The van der Waals surface area contributed by atoms with Crippen LogP contribution in [0.1, 0.15) is 43.7 Å². The van der Waals surface area contributed by atoms with Crippen molar-refractivity contribution in [2.45, 2.75) is 40.2 Å². The van der Waals surface area contributed by atoms with Crippen LogP contribution >= 0.6 is 0 Å². The standard InChI is InChI=1S/C15H25N3O2/c1-5-13-9-12(10-14(18-13)16-6-2)15(19)17-7-8-20-11(3)4/h9-11H,5-8H2,1-4H3,(H,16,18)(H,17,19). The third kappa shape index (κ3) is 5.57. The van der Waals surface area contributed by atoms with Gasteiger partial charge >= 0.3 is 0 Å². The molecular weight excluding hydrogens is 254 g/mol. The lowest BCUT2D eigenvalue weighted by Crippen LogP contribution is -2.28. The first-order valence-corrected chi connectivity index (χ1v) is 7.21. The first-order valence-electron chi connectivity index (χ1n) is 7.21. The molecule has 0 aliphatic carbocycles. The van der Waals surface area contributed by atoms with Crippen molar-refractivity contribution >= 4 is 11.7 Å². The number of nitrogens with zero attached hydrogens (tertiary/aromatic N) is 1. The van der Waals surface area contributed by atoms with E-state index in [4.69, 9.17) is 4.74 Å². The second kappa shape index (κ2) is 8.53. The summed E-state index contributed by atoms with van der Waals surface area (Å²) in [5.74, 6) is 0.657. The molecule has 1 amide bonds. The number of rotatable bonds is 8. The van der Waals surface area contributed by atoms with Gasteiger partial charge in [-0.1, -0.05) is 6.92 Å². The highest BCUT2D eigenvalue weighted by atomic mass is 16.5. The molecule has 0 atom stereocenters. The molecule has 0 aliphatic heterocycles. The minimum absolute atomic E-state index is 0.0893. The summed E-state index contributed by atoms with van der Waals surface area (Å²) < 4.78 is 5.40. The molecule has 0 fully saturated rings. The minimum Gasteiger partial charge on any atom is -0.377 e. The number of ether oxygens (including phenoxy) is 1. The zero-order valence-corrected chi connectivity index (χ0v) is 12.8. The maximum absolute atomic E-state index is 12.1. The monoisotopic (exact) mass is 279 g/mol. The molecule has 0 aliphatic rings. The van der Waals surface area contributed by atoms with Gasteiger partial charge in [-0.3, -0.25) is 4.79 Å². The molecule has 20 heavy (non-hydrogen) atoms. The summed E-state index contributed by atoms with van der Waals surface area (Å²) in [6, 6.07) is 3.61. The third-order valence-corrected chi connectivity index (χ3v) is 2.70.